The first-order valence-electron chi connectivity index (χ1n) is 5.84. The normalized spacial score (nSPS) is 10.9. The van der Waals surface area contributed by atoms with Gasteiger partial charge in [-0.2, -0.15) is 0 Å². The second-order valence-corrected chi connectivity index (χ2v) is 4.62. The Kier molecular flexibility index (Phi) is 3.18. The van der Waals surface area contributed by atoms with Crippen LogP contribution in [0.1, 0.15) is 36.7 Å². The van der Waals surface area contributed by atoms with E-state index in [0.717, 1.165) is 28.3 Å². The van der Waals surface area contributed by atoms with Gasteiger partial charge < -0.3 is 0 Å². The molecule has 0 radical (unpaired) electrons. The number of rotatable bonds is 2. The summed E-state index contributed by atoms with van der Waals surface area (Å²) in [4.78, 5) is 13.3. The van der Waals surface area contributed by atoms with Gasteiger partial charge in [0.2, 0.25) is 0 Å². The molecule has 0 aliphatic heterocycles. The summed E-state index contributed by atoms with van der Waals surface area (Å²) in [5.74, 6) is 1.13. The van der Waals surface area contributed by atoms with Crippen molar-refractivity contribution in [1.82, 2.24) is 15.0 Å². The molecular weight excluding hydrogens is 210 g/mol. The summed E-state index contributed by atoms with van der Waals surface area (Å²) in [5, 5.41) is 0. The van der Waals surface area contributed by atoms with Crippen molar-refractivity contribution in [2.75, 3.05) is 0 Å². The molecule has 0 spiro atoms. The van der Waals surface area contributed by atoms with Crippen molar-refractivity contribution in [1.29, 1.82) is 0 Å². The number of hydrogen-bond donors (Lipinski definition) is 0. The Morgan fingerprint density at radius 3 is 2.24 bits per heavy atom. The Morgan fingerprint density at radius 1 is 1.00 bits per heavy atom. The number of hydrogen-bond acceptors (Lipinski definition) is 3. The average Bonchev–Trinajstić information content (AvgIpc) is 2.30. The Morgan fingerprint density at radius 2 is 1.65 bits per heavy atom. The van der Waals surface area contributed by atoms with Gasteiger partial charge in [0.25, 0.3) is 0 Å². The monoisotopic (exact) mass is 227 g/mol. The molecule has 17 heavy (non-hydrogen) atoms. The summed E-state index contributed by atoms with van der Waals surface area (Å²) < 4.78 is 0. The smallest absolute Gasteiger partial charge is 0.160 e. The quantitative estimate of drug-likeness (QED) is 0.790. The van der Waals surface area contributed by atoms with Crippen molar-refractivity contribution in [3.05, 3.63) is 41.5 Å². The lowest BCUT2D eigenvalue weighted by Crippen LogP contribution is -2.01. The SMILES string of the molecule is Cc1cnc(-c2ccc(C)nc2C(C)C)nc1. The van der Waals surface area contributed by atoms with Crippen LogP contribution < -0.4 is 0 Å². The zero-order valence-electron chi connectivity index (χ0n) is 10.7. The standard InChI is InChI=1S/C14H17N3/c1-9(2)13-12(6-5-11(4)17-13)14-15-7-10(3)8-16-14/h5-9H,1-4H3. The van der Waals surface area contributed by atoms with E-state index < -0.39 is 0 Å². The maximum atomic E-state index is 4.59. The molecule has 0 amide bonds. The summed E-state index contributed by atoms with van der Waals surface area (Å²) in [5.41, 5.74) is 4.20. The third-order valence-corrected chi connectivity index (χ3v) is 2.63. The van der Waals surface area contributed by atoms with Crippen LogP contribution >= 0.6 is 0 Å². The largest absolute Gasteiger partial charge is 0.257 e. The van der Waals surface area contributed by atoms with Crippen molar-refractivity contribution < 1.29 is 0 Å². The number of pyridine rings is 1. The topological polar surface area (TPSA) is 38.7 Å². The molecule has 0 aliphatic rings. The second-order valence-electron chi connectivity index (χ2n) is 4.62. The van der Waals surface area contributed by atoms with Gasteiger partial charge >= 0.3 is 0 Å². The molecule has 0 bridgehead atoms. The molecule has 2 aromatic rings. The van der Waals surface area contributed by atoms with Gasteiger partial charge in [-0.05, 0) is 37.5 Å². The lowest BCUT2D eigenvalue weighted by Gasteiger charge is -2.11. The van der Waals surface area contributed by atoms with Gasteiger partial charge in [0, 0.05) is 23.7 Å². The van der Waals surface area contributed by atoms with Crippen LogP contribution in [-0.4, -0.2) is 15.0 Å². The van der Waals surface area contributed by atoms with E-state index in [1.165, 1.54) is 0 Å². The zero-order valence-corrected chi connectivity index (χ0v) is 10.7. The van der Waals surface area contributed by atoms with E-state index in [1.807, 2.05) is 32.3 Å². The van der Waals surface area contributed by atoms with Gasteiger partial charge in [0.15, 0.2) is 5.82 Å². The van der Waals surface area contributed by atoms with E-state index in [-0.39, 0.29) is 0 Å². The van der Waals surface area contributed by atoms with Crippen LogP contribution in [0.15, 0.2) is 24.5 Å². The second kappa shape index (κ2) is 4.62. The van der Waals surface area contributed by atoms with E-state index >= 15 is 0 Å². The molecule has 0 N–H and O–H groups in total. The Hall–Kier alpha value is -1.77. The first-order valence-corrected chi connectivity index (χ1v) is 5.84. The summed E-state index contributed by atoms with van der Waals surface area (Å²) in [6, 6.07) is 4.06. The molecule has 0 fully saturated rings. The molecular formula is C14H17N3. The Bertz CT molecular complexity index is 515. The molecule has 0 aromatic carbocycles. The van der Waals surface area contributed by atoms with Crippen LogP contribution in [0.2, 0.25) is 0 Å². The highest BCUT2D eigenvalue weighted by Crippen LogP contribution is 2.25. The fraction of sp³-hybridized carbons (Fsp3) is 0.357. The maximum Gasteiger partial charge on any atom is 0.160 e. The lowest BCUT2D eigenvalue weighted by atomic mass is 10.0. The average molecular weight is 227 g/mol. The minimum Gasteiger partial charge on any atom is -0.257 e. The molecule has 0 atom stereocenters. The number of aromatic nitrogens is 3. The fourth-order valence-electron chi connectivity index (χ4n) is 1.74. The van der Waals surface area contributed by atoms with E-state index in [1.54, 1.807) is 0 Å². The zero-order chi connectivity index (χ0) is 12.4. The molecule has 88 valence electrons. The van der Waals surface area contributed by atoms with Gasteiger partial charge in [-0.1, -0.05) is 13.8 Å². The predicted molar refractivity (Wildman–Crippen MR) is 68.8 cm³/mol. The highest BCUT2D eigenvalue weighted by molar-refractivity contribution is 5.58. The maximum absolute atomic E-state index is 4.59. The molecule has 3 heteroatoms. The van der Waals surface area contributed by atoms with Gasteiger partial charge in [0.1, 0.15) is 0 Å². The number of aryl methyl sites for hydroxylation is 2. The molecule has 2 aromatic heterocycles. The van der Waals surface area contributed by atoms with Gasteiger partial charge in [-0.25, -0.2) is 9.97 Å². The van der Waals surface area contributed by atoms with Crippen molar-refractivity contribution in [3.8, 4) is 11.4 Å². The van der Waals surface area contributed by atoms with Crippen molar-refractivity contribution in [2.24, 2.45) is 0 Å². The fourth-order valence-corrected chi connectivity index (χ4v) is 1.74. The van der Waals surface area contributed by atoms with Crippen LogP contribution in [0.5, 0.6) is 0 Å². The van der Waals surface area contributed by atoms with Crippen molar-refractivity contribution in [2.45, 2.75) is 33.6 Å². The molecule has 0 unspecified atom stereocenters. The minimum atomic E-state index is 0.370. The molecule has 3 nitrogen and oxygen atoms in total. The van der Waals surface area contributed by atoms with Gasteiger partial charge in [-0.3, -0.25) is 4.98 Å². The number of nitrogens with zero attached hydrogens (tertiary/aromatic N) is 3. The molecule has 0 saturated heterocycles. The van der Waals surface area contributed by atoms with Crippen LogP contribution in [-0.2, 0) is 0 Å². The molecule has 0 aliphatic carbocycles. The van der Waals surface area contributed by atoms with Gasteiger partial charge in [-0.15, -0.1) is 0 Å². The first kappa shape index (κ1) is 11.7. The van der Waals surface area contributed by atoms with Crippen LogP contribution in [0, 0.1) is 13.8 Å². The van der Waals surface area contributed by atoms with E-state index in [2.05, 4.69) is 34.9 Å². The van der Waals surface area contributed by atoms with Crippen LogP contribution in [0.25, 0.3) is 11.4 Å². The van der Waals surface area contributed by atoms with Crippen LogP contribution in [0.3, 0.4) is 0 Å². The first-order chi connectivity index (χ1) is 8.08. The predicted octanol–water partition coefficient (Wildman–Crippen LogP) is 3.28. The molecule has 2 rings (SSSR count). The molecule has 2 heterocycles. The van der Waals surface area contributed by atoms with Gasteiger partial charge in [0.05, 0.1) is 5.69 Å². The minimum absolute atomic E-state index is 0.370. The Balaban J connectivity index is 2.54. The van der Waals surface area contributed by atoms with Crippen LogP contribution in [0.4, 0.5) is 0 Å². The van der Waals surface area contributed by atoms with E-state index in [0.29, 0.717) is 5.92 Å². The van der Waals surface area contributed by atoms with E-state index in [9.17, 15) is 0 Å². The summed E-state index contributed by atoms with van der Waals surface area (Å²) in [7, 11) is 0. The lowest BCUT2D eigenvalue weighted by molar-refractivity contribution is 0.815. The summed E-state index contributed by atoms with van der Waals surface area (Å²) >= 11 is 0. The summed E-state index contributed by atoms with van der Waals surface area (Å²) in [6.07, 6.45) is 3.68. The van der Waals surface area contributed by atoms with Crippen molar-refractivity contribution in [3.63, 3.8) is 0 Å². The van der Waals surface area contributed by atoms with Crippen molar-refractivity contribution >= 4 is 0 Å². The third-order valence-electron chi connectivity index (χ3n) is 2.63. The highest BCUT2D eigenvalue weighted by atomic mass is 14.9. The summed E-state index contributed by atoms with van der Waals surface area (Å²) in [6.45, 7) is 8.27. The highest BCUT2D eigenvalue weighted by Gasteiger charge is 2.12. The third kappa shape index (κ3) is 2.49. The molecule has 0 saturated carbocycles. The Labute approximate surface area is 102 Å². The van der Waals surface area contributed by atoms with E-state index in [4.69, 9.17) is 0 Å².